The fourth-order valence-corrected chi connectivity index (χ4v) is 4.27. The van der Waals surface area contributed by atoms with Crippen LogP contribution < -0.4 is 0 Å². The molecule has 0 saturated heterocycles. The lowest BCUT2D eigenvalue weighted by atomic mass is 10.00. The molecule has 1 N–H and O–H groups in total. The van der Waals surface area contributed by atoms with Crippen LogP contribution in [0, 0.1) is 17.1 Å². The molecule has 2 aromatic carbocycles. The number of ether oxygens (including phenoxy) is 1. The average Bonchev–Trinajstić information content (AvgIpc) is 3.18. The van der Waals surface area contributed by atoms with Gasteiger partial charge in [0.25, 0.3) is 0 Å². The standard InChI is InChI=1S/C25H20FN3O3/c26-21-10-15(1-2-17(21)11-27)22-6-4-18-12-29(8-7-23(18)28-22)13-24(30)16-3-5-20-19(9-16)14-32-25(20)31/h1-6,9-10,24,30H,7-8,12-14H2/t24-/m0/s1. The van der Waals surface area contributed by atoms with E-state index in [9.17, 15) is 14.3 Å². The van der Waals surface area contributed by atoms with E-state index in [0.29, 0.717) is 29.9 Å². The lowest BCUT2D eigenvalue weighted by molar-refractivity contribution is 0.0535. The van der Waals surface area contributed by atoms with Gasteiger partial charge in [0.15, 0.2) is 0 Å². The zero-order valence-electron chi connectivity index (χ0n) is 17.2. The SMILES string of the molecule is N#Cc1ccc(-c2ccc3c(n2)CCN(C[C@H](O)c2ccc4c(c2)COC4=O)C3)cc1F. The summed E-state index contributed by atoms with van der Waals surface area (Å²) in [6, 6.07) is 15.5. The summed E-state index contributed by atoms with van der Waals surface area (Å²) < 4.78 is 19.0. The van der Waals surface area contributed by atoms with Crippen LogP contribution in [0.2, 0.25) is 0 Å². The molecule has 3 heterocycles. The van der Waals surface area contributed by atoms with Gasteiger partial charge in [0, 0.05) is 42.9 Å². The first kappa shape index (κ1) is 20.3. The zero-order valence-corrected chi connectivity index (χ0v) is 17.2. The first-order valence-electron chi connectivity index (χ1n) is 10.4. The molecule has 32 heavy (non-hydrogen) atoms. The lowest BCUT2D eigenvalue weighted by Gasteiger charge is -2.30. The van der Waals surface area contributed by atoms with E-state index in [1.807, 2.05) is 24.3 Å². The van der Waals surface area contributed by atoms with Crippen LogP contribution in [0.25, 0.3) is 11.3 Å². The van der Waals surface area contributed by atoms with Crippen molar-refractivity contribution in [2.24, 2.45) is 0 Å². The van der Waals surface area contributed by atoms with E-state index in [1.54, 1.807) is 18.2 Å². The first-order chi connectivity index (χ1) is 15.5. The maximum atomic E-state index is 14.0. The topological polar surface area (TPSA) is 86.5 Å². The maximum absolute atomic E-state index is 14.0. The minimum Gasteiger partial charge on any atom is -0.457 e. The molecule has 1 aromatic heterocycles. The van der Waals surface area contributed by atoms with Crippen molar-refractivity contribution in [3.05, 3.63) is 87.9 Å². The van der Waals surface area contributed by atoms with Crippen LogP contribution in [0.5, 0.6) is 0 Å². The Hall–Kier alpha value is -3.60. The molecular formula is C25H20FN3O3. The average molecular weight is 429 g/mol. The van der Waals surface area contributed by atoms with Crippen LogP contribution >= 0.6 is 0 Å². The van der Waals surface area contributed by atoms with E-state index in [1.165, 1.54) is 12.1 Å². The lowest BCUT2D eigenvalue weighted by Crippen LogP contribution is -2.34. The number of fused-ring (bicyclic) bond motifs is 2. The highest BCUT2D eigenvalue weighted by Crippen LogP contribution is 2.27. The Morgan fingerprint density at radius 1 is 1.19 bits per heavy atom. The molecule has 2 aliphatic rings. The van der Waals surface area contributed by atoms with Crippen LogP contribution in [0.4, 0.5) is 4.39 Å². The summed E-state index contributed by atoms with van der Waals surface area (Å²) >= 11 is 0. The molecule has 0 bridgehead atoms. The monoisotopic (exact) mass is 429 g/mol. The Morgan fingerprint density at radius 2 is 2.06 bits per heavy atom. The normalized spacial score (nSPS) is 16.1. The smallest absolute Gasteiger partial charge is 0.338 e. The van der Waals surface area contributed by atoms with Gasteiger partial charge in [-0.15, -0.1) is 0 Å². The zero-order chi connectivity index (χ0) is 22.2. The highest BCUT2D eigenvalue weighted by atomic mass is 19.1. The summed E-state index contributed by atoms with van der Waals surface area (Å²) in [5, 5.41) is 19.6. The van der Waals surface area contributed by atoms with Gasteiger partial charge in [0.2, 0.25) is 0 Å². The third-order valence-corrected chi connectivity index (χ3v) is 6.04. The highest BCUT2D eigenvalue weighted by Gasteiger charge is 2.24. The van der Waals surface area contributed by atoms with Gasteiger partial charge in [-0.2, -0.15) is 5.26 Å². The van der Waals surface area contributed by atoms with E-state index in [0.717, 1.165) is 35.3 Å². The molecule has 0 radical (unpaired) electrons. The van der Waals surface area contributed by atoms with E-state index in [-0.39, 0.29) is 18.1 Å². The number of nitrogens with zero attached hydrogens (tertiary/aromatic N) is 3. The number of esters is 1. The molecular weight excluding hydrogens is 409 g/mol. The molecule has 0 fully saturated rings. The van der Waals surface area contributed by atoms with Crippen molar-refractivity contribution >= 4 is 5.97 Å². The second-order valence-electron chi connectivity index (χ2n) is 8.10. The number of carbonyl (C=O) groups is 1. The molecule has 3 aromatic rings. The number of nitriles is 1. The van der Waals surface area contributed by atoms with Crippen LogP contribution in [0.3, 0.4) is 0 Å². The summed E-state index contributed by atoms with van der Waals surface area (Å²) in [7, 11) is 0. The Bertz CT molecular complexity index is 1270. The number of rotatable bonds is 4. The summed E-state index contributed by atoms with van der Waals surface area (Å²) in [4.78, 5) is 18.5. The van der Waals surface area contributed by atoms with Crippen LogP contribution in [0.1, 0.15) is 44.4 Å². The second kappa shape index (κ2) is 8.15. The minimum absolute atomic E-state index is 0.0170. The van der Waals surface area contributed by atoms with Crippen LogP contribution in [-0.2, 0) is 24.3 Å². The summed E-state index contributed by atoms with van der Waals surface area (Å²) in [5.74, 6) is -0.864. The van der Waals surface area contributed by atoms with Gasteiger partial charge in [0.05, 0.1) is 22.9 Å². The third kappa shape index (κ3) is 3.75. The predicted octanol–water partition coefficient (Wildman–Crippen LogP) is 3.52. The molecule has 0 spiro atoms. The van der Waals surface area contributed by atoms with Gasteiger partial charge < -0.3 is 9.84 Å². The van der Waals surface area contributed by atoms with Gasteiger partial charge >= 0.3 is 5.97 Å². The molecule has 7 heteroatoms. The number of pyridine rings is 1. The van der Waals surface area contributed by atoms with E-state index in [2.05, 4.69) is 4.90 Å². The quantitative estimate of drug-likeness (QED) is 0.639. The number of hydrogen-bond donors (Lipinski definition) is 1. The van der Waals surface area contributed by atoms with E-state index in [4.69, 9.17) is 15.0 Å². The molecule has 160 valence electrons. The van der Waals surface area contributed by atoms with Crippen molar-refractivity contribution in [1.82, 2.24) is 9.88 Å². The molecule has 5 rings (SSSR count). The van der Waals surface area contributed by atoms with Gasteiger partial charge in [-0.05, 0) is 41.5 Å². The molecule has 6 nitrogen and oxygen atoms in total. The number of cyclic esters (lactones) is 1. The van der Waals surface area contributed by atoms with Crippen LogP contribution in [0.15, 0.2) is 48.5 Å². The van der Waals surface area contributed by atoms with Crippen molar-refractivity contribution in [2.75, 3.05) is 13.1 Å². The largest absolute Gasteiger partial charge is 0.457 e. The molecule has 1 atom stereocenters. The summed E-state index contributed by atoms with van der Waals surface area (Å²) in [6.07, 6.45) is 0.0488. The first-order valence-corrected chi connectivity index (χ1v) is 10.4. The minimum atomic E-state index is -0.675. The Kier molecular flexibility index (Phi) is 5.17. The molecule has 0 aliphatic carbocycles. The Morgan fingerprint density at radius 3 is 2.88 bits per heavy atom. The van der Waals surface area contributed by atoms with Crippen LogP contribution in [-0.4, -0.2) is 34.0 Å². The number of aliphatic hydroxyl groups is 1. The van der Waals surface area contributed by atoms with Crippen molar-refractivity contribution in [3.63, 3.8) is 0 Å². The van der Waals surface area contributed by atoms with Gasteiger partial charge in [-0.25, -0.2) is 9.18 Å². The fraction of sp³-hybridized carbons (Fsp3) is 0.240. The van der Waals surface area contributed by atoms with Crippen molar-refractivity contribution < 1.29 is 19.0 Å². The van der Waals surface area contributed by atoms with Gasteiger partial charge in [0.1, 0.15) is 18.5 Å². The van der Waals surface area contributed by atoms with Crippen molar-refractivity contribution in [3.8, 4) is 17.3 Å². The number of aliphatic hydroxyl groups excluding tert-OH is 1. The Labute approximate surface area is 184 Å². The van der Waals surface area contributed by atoms with Crippen molar-refractivity contribution in [2.45, 2.75) is 25.7 Å². The number of aromatic nitrogens is 1. The Balaban J connectivity index is 1.29. The van der Waals surface area contributed by atoms with Gasteiger partial charge in [-0.3, -0.25) is 9.88 Å². The predicted molar refractivity (Wildman–Crippen MR) is 114 cm³/mol. The number of benzene rings is 2. The molecule has 0 amide bonds. The van der Waals surface area contributed by atoms with E-state index < -0.39 is 11.9 Å². The molecule has 0 saturated carbocycles. The summed E-state index contributed by atoms with van der Waals surface area (Å²) in [5.41, 5.74) is 5.52. The number of hydrogen-bond acceptors (Lipinski definition) is 6. The fourth-order valence-electron chi connectivity index (χ4n) is 4.27. The third-order valence-electron chi connectivity index (χ3n) is 6.04. The highest BCUT2D eigenvalue weighted by molar-refractivity contribution is 5.93. The maximum Gasteiger partial charge on any atom is 0.338 e. The van der Waals surface area contributed by atoms with Crippen molar-refractivity contribution in [1.29, 1.82) is 5.26 Å². The number of halogens is 1. The van der Waals surface area contributed by atoms with E-state index >= 15 is 0 Å². The number of carbonyl (C=O) groups excluding carboxylic acids is 1. The molecule has 2 aliphatic heterocycles. The molecule has 0 unspecified atom stereocenters. The summed E-state index contributed by atoms with van der Waals surface area (Å²) in [6.45, 7) is 2.13. The van der Waals surface area contributed by atoms with Gasteiger partial charge in [-0.1, -0.05) is 18.2 Å². The second-order valence-corrected chi connectivity index (χ2v) is 8.10. The number of β-amino-alcohol motifs (C(OH)–C–C–N with tert-alkyl or cyclic N) is 1.